The van der Waals surface area contributed by atoms with E-state index >= 15 is 0 Å². The number of sulfonamides is 1. The van der Waals surface area contributed by atoms with Crippen LogP contribution in [0.25, 0.3) is 28.2 Å². The van der Waals surface area contributed by atoms with E-state index in [1.165, 1.54) is 12.2 Å². The van der Waals surface area contributed by atoms with Crippen LogP contribution in [-0.4, -0.2) is 66.8 Å². The summed E-state index contributed by atoms with van der Waals surface area (Å²) in [6, 6.07) is 17.8. The normalized spacial score (nSPS) is 14.9. The van der Waals surface area contributed by atoms with Crippen molar-refractivity contribution in [2.24, 2.45) is 5.41 Å². The fraction of sp³-hybridized carbons (Fsp3) is 0.396. The molecule has 1 saturated carbocycles. The summed E-state index contributed by atoms with van der Waals surface area (Å²) in [7, 11) is -2.53. The first-order chi connectivity index (χ1) is 29.6. The smallest absolute Gasteiger partial charge is 0.408 e. The predicted octanol–water partition coefficient (Wildman–Crippen LogP) is 8.28. The number of fused-ring (bicyclic) bond motifs is 1. The number of benzene rings is 3. The number of methoxy groups -OCH3 is 1. The lowest BCUT2D eigenvalue weighted by atomic mass is 9.86. The van der Waals surface area contributed by atoms with E-state index < -0.39 is 67.7 Å². The number of aromatic nitrogens is 1. The van der Waals surface area contributed by atoms with Crippen LogP contribution in [0.1, 0.15) is 97.7 Å². The van der Waals surface area contributed by atoms with E-state index in [2.05, 4.69) is 33.8 Å². The van der Waals surface area contributed by atoms with Gasteiger partial charge < -0.3 is 30.2 Å². The summed E-state index contributed by atoms with van der Waals surface area (Å²) in [5.74, 6) is -0.980. The van der Waals surface area contributed by atoms with Gasteiger partial charge >= 0.3 is 6.09 Å². The molecule has 1 aromatic heterocycles. The van der Waals surface area contributed by atoms with Gasteiger partial charge in [0.1, 0.15) is 41.0 Å². The van der Waals surface area contributed by atoms with Crippen molar-refractivity contribution in [2.45, 2.75) is 109 Å². The first-order valence-corrected chi connectivity index (χ1v) is 22.4. The molecule has 4 N–H and O–H groups in total. The highest BCUT2D eigenvalue weighted by molar-refractivity contribution is 7.91. The second kappa shape index (κ2) is 19.4. The Hall–Kier alpha value is -6.22. The van der Waals surface area contributed by atoms with Crippen LogP contribution in [0, 0.1) is 5.41 Å². The zero-order valence-corrected chi connectivity index (χ0v) is 38.1. The molecular weight excluding hydrogens is 823 g/mol. The number of amides is 4. The van der Waals surface area contributed by atoms with Crippen molar-refractivity contribution in [3.05, 3.63) is 103 Å². The van der Waals surface area contributed by atoms with Crippen molar-refractivity contribution in [1.82, 2.24) is 25.7 Å². The first kappa shape index (κ1) is 47.8. The largest absolute Gasteiger partial charge is 0.497 e. The minimum Gasteiger partial charge on any atom is -0.497 e. The van der Waals surface area contributed by atoms with Gasteiger partial charge in [0.15, 0.2) is 0 Å². The van der Waals surface area contributed by atoms with Crippen LogP contribution in [0.15, 0.2) is 92.0 Å². The number of rotatable bonds is 18. The van der Waals surface area contributed by atoms with Crippen molar-refractivity contribution in [3.8, 4) is 28.5 Å². The highest BCUT2D eigenvalue weighted by Crippen LogP contribution is 2.46. The molecule has 0 bridgehead atoms. The second-order valence-electron chi connectivity index (χ2n) is 17.7. The minimum absolute atomic E-state index is 0.0917. The molecule has 336 valence electrons. The quantitative estimate of drug-likeness (QED) is 0.0708. The van der Waals surface area contributed by atoms with Crippen molar-refractivity contribution >= 4 is 50.8 Å². The Morgan fingerprint density at radius 3 is 2.14 bits per heavy atom. The van der Waals surface area contributed by atoms with Crippen LogP contribution < -0.4 is 30.1 Å². The Labute approximate surface area is 370 Å². The topological polar surface area (TPSA) is 191 Å². The molecule has 3 aromatic carbocycles. The predicted molar refractivity (Wildman–Crippen MR) is 245 cm³/mol. The van der Waals surface area contributed by atoms with E-state index in [9.17, 15) is 27.6 Å². The number of hydrogen-bond donors (Lipinski definition) is 4. The lowest BCUT2D eigenvalue weighted by Gasteiger charge is -2.33. The number of carbonyl (C=O) groups excluding carboxylic acids is 4. The molecule has 4 aromatic rings. The molecule has 5 rings (SSSR count). The molecule has 0 aliphatic heterocycles. The van der Waals surface area contributed by atoms with Crippen LogP contribution in [0.3, 0.4) is 0 Å². The summed E-state index contributed by atoms with van der Waals surface area (Å²) in [6.45, 7) is 19.8. The molecule has 0 spiro atoms. The Kier molecular flexibility index (Phi) is 14.8. The van der Waals surface area contributed by atoms with Crippen LogP contribution >= 0.6 is 0 Å². The minimum atomic E-state index is -4.11. The number of ether oxygens (including phenoxy) is 3. The molecule has 1 aliphatic rings. The summed E-state index contributed by atoms with van der Waals surface area (Å²) in [5.41, 5.74) is 1.14. The number of carbonyl (C=O) groups is 4. The van der Waals surface area contributed by atoms with Gasteiger partial charge in [-0.25, -0.2) is 18.2 Å². The van der Waals surface area contributed by atoms with Gasteiger partial charge in [0.2, 0.25) is 21.8 Å². The van der Waals surface area contributed by atoms with E-state index in [1.807, 2.05) is 48.5 Å². The monoisotopic (exact) mass is 881 g/mol. The van der Waals surface area contributed by atoms with E-state index in [1.54, 1.807) is 79.8 Å². The Balaban J connectivity index is 1.54. The summed E-state index contributed by atoms with van der Waals surface area (Å²) in [6.07, 6.45) is 3.63. The molecule has 1 heterocycles. The van der Waals surface area contributed by atoms with Gasteiger partial charge in [0, 0.05) is 28.6 Å². The van der Waals surface area contributed by atoms with Crippen LogP contribution in [-0.2, 0) is 29.1 Å². The third kappa shape index (κ3) is 11.8. The molecule has 1 fully saturated rings. The van der Waals surface area contributed by atoms with Crippen LogP contribution in [0.2, 0.25) is 0 Å². The molecule has 4 amide bonds. The van der Waals surface area contributed by atoms with Gasteiger partial charge in [-0.1, -0.05) is 89.2 Å². The molecule has 63 heavy (non-hydrogen) atoms. The molecule has 14 nitrogen and oxygen atoms in total. The van der Waals surface area contributed by atoms with Gasteiger partial charge in [-0.05, 0) is 81.7 Å². The zero-order valence-electron chi connectivity index (χ0n) is 37.3. The van der Waals surface area contributed by atoms with E-state index in [4.69, 9.17) is 19.2 Å². The summed E-state index contributed by atoms with van der Waals surface area (Å²) in [4.78, 5) is 60.3. The Morgan fingerprint density at radius 1 is 0.857 bits per heavy atom. The van der Waals surface area contributed by atoms with Crippen molar-refractivity contribution in [1.29, 1.82) is 0 Å². The van der Waals surface area contributed by atoms with Gasteiger partial charge in [0.25, 0.3) is 5.91 Å². The molecule has 1 aliphatic carbocycles. The van der Waals surface area contributed by atoms with Crippen LogP contribution in [0.5, 0.6) is 17.2 Å². The van der Waals surface area contributed by atoms with Gasteiger partial charge in [-0.15, -0.1) is 6.58 Å². The van der Waals surface area contributed by atoms with Crippen LogP contribution in [0.4, 0.5) is 4.79 Å². The van der Waals surface area contributed by atoms with Gasteiger partial charge in [-0.3, -0.25) is 19.1 Å². The highest BCUT2D eigenvalue weighted by Gasteiger charge is 2.54. The van der Waals surface area contributed by atoms with E-state index in [0.29, 0.717) is 58.7 Å². The summed E-state index contributed by atoms with van der Waals surface area (Å²) in [5, 5.41) is 8.85. The SMILES string of the molecule is C=CCC1(S(=O)(=O)NC(=O)[C@H](CCC)NC(=O)[C@H](NC(=O)[C@@H](NC(=O)OC(C)(C)C)C(C)(C)C)c2ccc(Oc3cc(-c4ccccc4)nc4cc(OC)ccc34)c(C=C)c2)CC1. The maximum absolute atomic E-state index is 14.5. The standard InChI is InChI=1S/C48H59N5O9S/c1-11-17-35(42(54)53-63(58,59)48(24-12-2)25-26-48)50-43(55)40(51-44(56)41(46(4,5)6)52-45(57)62-47(7,8)9)32-20-23-38(30(13-3)27-32)61-39-29-36(31-18-15-14-16-19-31)49-37-28-33(60-10)21-22-34(37)39/h12-16,18-23,27-29,35,40-41H,2-3,11,17,24-26H2,1,4-10H3,(H,50,55)(H,51,56)(H,52,57)(H,53,54)/t35-,40+,41+/m0/s1. The highest BCUT2D eigenvalue weighted by atomic mass is 32.2. The number of allylic oxidation sites excluding steroid dienone is 1. The number of hydrogen-bond acceptors (Lipinski definition) is 10. The molecule has 0 saturated heterocycles. The van der Waals surface area contributed by atoms with Gasteiger partial charge in [0.05, 0.1) is 23.1 Å². The number of nitrogens with one attached hydrogen (secondary N) is 4. The lowest BCUT2D eigenvalue weighted by molar-refractivity contribution is -0.133. The second-order valence-corrected chi connectivity index (χ2v) is 19.8. The number of alkyl carbamates (subject to hydrolysis) is 1. The Morgan fingerprint density at radius 2 is 1.56 bits per heavy atom. The molecular formula is C48H59N5O9S. The van der Waals surface area contributed by atoms with E-state index in [-0.39, 0.29) is 18.4 Å². The van der Waals surface area contributed by atoms with Crippen molar-refractivity contribution in [3.63, 3.8) is 0 Å². The number of nitrogens with zero attached hydrogens (tertiary/aromatic N) is 1. The average Bonchev–Trinajstić information content (AvgIpc) is 4.02. The van der Waals surface area contributed by atoms with Crippen molar-refractivity contribution in [2.75, 3.05) is 7.11 Å². The maximum atomic E-state index is 14.5. The van der Waals surface area contributed by atoms with Crippen molar-refractivity contribution < 1.29 is 41.8 Å². The molecule has 15 heteroatoms. The summed E-state index contributed by atoms with van der Waals surface area (Å²) < 4.78 is 45.3. The molecule has 0 radical (unpaired) electrons. The third-order valence-electron chi connectivity index (χ3n) is 10.5. The lowest BCUT2D eigenvalue weighted by Crippen LogP contribution is -2.57. The molecule has 3 atom stereocenters. The summed E-state index contributed by atoms with van der Waals surface area (Å²) >= 11 is 0. The maximum Gasteiger partial charge on any atom is 0.408 e. The number of pyridine rings is 1. The Bertz CT molecular complexity index is 2470. The fourth-order valence-corrected chi connectivity index (χ4v) is 8.60. The molecule has 0 unspecified atom stereocenters. The van der Waals surface area contributed by atoms with E-state index in [0.717, 1.165) is 5.56 Å². The average molecular weight is 882 g/mol. The fourth-order valence-electron chi connectivity index (χ4n) is 7.00. The third-order valence-corrected chi connectivity index (χ3v) is 12.7. The first-order valence-electron chi connectivity index (χ1n) is 20.9. The van der Waals surface area contributed by atoms with Gasteiger partial charge in [-0.2, -0.15) is 0 Å². The zero-order chi connectivity index (χ0) is 46.3.